The third-order valence-corrected chi connectivity index (χ3v) is 6.80. The van der Waals surface area contributed by atoms with Crippen LogP contribution in [-0.4, -0.2) is 35.4 Å². The van der Waals surface area contributed by atoms with E-state index in [1.807, 2.05) is 9.80 Å². The van der Waals surface area contributed by atoms with E-state index < -0.39 is 11.7 Å². The second-order valence-electron chi connectivity index (χ2n) is 7.42. The molecule has 1 amide bonds. The molecular weight excluding hydrogens is 387 g/mol. The van der Waals surface area contributed by atoms with E-state index >= 15 is 0 Å². The average Bonchev–Trinajstić information content (AvgIpc) is 3.17. The van der Waals surface area contributed by atoms with Gasteiger partial charge in [0, 0.05) is 36.6 Å². The number of halogens is 3. The van der Waals surface area contributed by atoms with E-state index in [1.54, 1.807) is 11.3 Å². The highest BCUT2D eigenvalue weighted by Gasteiger charge is 2.35. The maximum atomic E-state index is 13.1. The van der Waals surface area contributed by atoms with Crippen molar-refractivity contribution in [1.82, 2.24) is 9.88 Å². The number of carbonyl (C=O) groups excluding carboxylic acids is 1. The van der Waals surface area contributed by atoms with E-state index in [2.05, 4.69) is 23.4 Å². The summed E-state index contributed by atoms with van der Waals surface area (Å²) in [5, 5.41) is 2.09. The predicted molar refractivity (Wildman–Crippen MR) is 102 cm³/mol. The predicted octanol–water partition coefficient (Wildman–Crippen LogP) is 4.52. The molecule has 2 aliphatic rings. The van der Waals surface area contributed by atoms with E-state index in [9.17, 15) is 18.0 Å². The highest BCUT2D eigenvalue weighted by Crippen LogP contribution is 2.35. The highest BCUT2D eigenvalue weighted by atomic mass is 32.1. The lowest BCUT2D eigenvalue weighted by atomic mass is 9.92. The van der Waals surface area contributed by atoms with Crippen LogP contribution in [0.4, 0.5) is 19.0 Å². The molecule has 4 heterocycles. The quantitative estimate of drug-likeness (QED) is 0.732. The molecule has 4 rings (SSSR count). The second kappa shape index (κ2) is 7.39. The third-order valence-electron chi connectivity index (χ3n) is 5.80. The van der Waals surface area contributed by atoms with E-state index in [1.165, 1.54) is 16.5 Å². The van der Waals surface area contributed by atoms with Crippen LogP contribution in [0, 0.1) is 5.92 Å². The minimum absolute atomic E-state index is 0.0339. The molecule has 0 N–H and O–H groups in total. The van der Waals surface area contributed by atoms with Gasteiger partial charge < -0.3 is 9.80 Å². The Morgan fingerprint density at radius 1 is 1.18 bits per heavy atom. The van der Waals surface area contributed by atoms with Crippen LogP contribution in [0.3, 0.4) is 0 Å². The number of alkyl halides is 3. The average molecular weight is 409 g/mol. The molecule has 0 aromatic carbocycles. The Morgan fingerprint density at radius 2 is 1.93 bits per heavy atom. The van der Waals surface area contributed by atoms with Crippen LogP contribution in [-0.2, 0) is 17.4 Å². The number of amides is 1. The first-order valence-electron chi connectivity index (χ1n) is 9.49. The SMILES string of the molecule is C[C@@H]1c2ccsc2CCN1C(=O)C1CCN(c2ccc(C(F)(F)F)cn2)CC1. The van der Waals surface area contributed by atoms with Crippen molar-refractivity contribution in [3.05, 3.63) is 45.8 Å². The minimum atomic E-state index is -4.38. The zero-order valence-corrected chi connectivity index (χ0v) is 16.4. The Morgan fingerprint density at radius 3 is 2.57 bits per heavy atom. The van der Waals surface area contributed by atoms with Crippen molar-refractivity contribution in [1.29, 1.82) is 0 Å². The highest BCUT2D eigenvalue weighted by molar-refractivity contribution is 7.10. The Balaban J connectivity index is 1.37. The summed E-state index contributed by atoms with van der Waals surface area (Å²) in [5.41, 5.74) is 0.518. The Hall–Kier alpha value is -2.09. The van der Waals surface area contributed by atoms with Gasteiger partial charge in [0.2, 0.25) is 5.91 Å². The number of hydrogen-bond acceptors (Lipinski definition) is 4. The fourth-order valence-electron chi connectivity index (χ4n) is 4.14. The van der Waals surface area contributed by atoms with Gasteiger partial charge in [0.15, 0.2) is 0 Å². The van der Waals surface area contributed by atoms with Gasteiger partial charge in [-0.05, 0) is 55.3 Å². The summed E-state index contributed by atoms with van der Waals surface area (Å²) in [5.74, 6) is 0.700. The lowest BCUT2D eigenvalue weighted by molar-refractivity contribution is -0.139. The number of carbonyl (C=O) groups is 1. The number of anilines is 1. The van der Waals surface area contributed by atoms with Gasteiger partial charge in [-0.2, -0.15) is 13.2 Å². The lowest BCUT2D eigenvalue weighted by Crippen LogP contribution is -2.45. The van der Waals surface area contributed by atoms with E-state index in [4.69, 9.17) is 0 Å². The summed E-state index contributed by atoms with van der Waals surface area (Å²) < 4.78 is 38.1. The summed E-state index contributed by atoms with van der Waals surface area (Å²) in [6.07, 6.45) is -1.20. The normalized spacial score (nSPS) is 20.9. The van der Waals surface area contributed by atoms with Crippen molar-refractivity contribution in [2.75, 3.05) is 24.5 Å². The molecule has 1 fully saturated rings. The molecule has 0 aliphatic carbocycles. The number of piperidine rings is 1. The summed E-state index contributed by atoms with van der Waals surface area (Å²) in [6.45, 7) is 4.10. The van der Waals surface area contributed by atoms with Crippen molar-refractivity contribution in [2.24, 2.45) is 5.92 Å². The summed E-state index contributed by atoms with van der Waals surface area (Å²) >= 11 is 1.76. The first-order valence-corrected chi connectivity index (χ1v) is 10.4. The van der Waals surface area contributed by atoms with Crippen LogP contribution in [0.5, 0.6) is 0 Å². The molecule has 0 radical (unpaired) electrons. The Bertz CT molecular complexity index is 841. The molecule has 4 nitrogen and oxygen atoms in total. The van der Waals surface area contributed by atoms with Gasteiger partial charge >= 0.3 is 6.18 Å². The van der Waals surface area contributed by atoms with Gasteiger partial charge in [0.05, 0.1) is 11.6 Å². The number of pyridine rings is 1. The molecule has 2 aliphatic heterocycles. The van der Waals surface area contributed by atoms with E-state index in [0.717, 1.165) is 25.2 Å². The molecule has 1 saturated heterocycles. The van der Waals surface area contributed by atoms with Crippen LogP contribution in [0.1, 0.15) is 41.8 Å². The molecule has 150 valence electrons. The van der Waals surface area contributed by atoms with Crippen molar-refractivity contribution < 1.29 is 18.0 Å². The first-order chi connectivity index (χ1) is 13.3. The molecule has 8 heteroatoms. The van der Waals surface area contributed by atoms with Gasteiger partial charge in [0.1, 0.15) is 5.82 Å². The molecule has 0 saturated carbocycles. The monoisotopic (exact) mass is 409 g/mol. The summed E-state index contributed by atoms with van der Waals surface area (Å²) in [4.78, 5) is 22.4. The number of aromatic nitrogens is 1. The van der Waals surface area contributed by atoms with Crippen molar-refractivity contribution in [3.63, 3.8) is 0 Å². The molecular formula is C20H22F3N3OS. The largest absolute Gasteiger partial charge is 0.417 e. The number of nitrogens with zero attached hydrogens (tertiary/aromatic N) is 3. The third kappa shape index (κ3) is 3.62. The summed E-state index contributed by atoms with van der Waals surface area (Å²) in [7, 11) is 0. The van der Waals surface area contributed by atoms with Gasteiger partial charge in [0.25, 0.3) is 0 Å². The zero-order valence-electron chi connectivity index (χ0n) is 15.6. The lowest BCUT2D eigenvalue weighted by Gasteiger charge is -2.39. The molecule has 1 atom stereocenters. The number of hydrogen-bond donors (Lipinski definition) is 0. The molecule has 2 aromatic rings. The number of rotatable bonds is 2. The van der Waals surface area contributed by atoms with Gasteiger partial charge in [-0.3, -0.25) is 4.79 Å². The summed E-state index contributed by atoms with van der Waals surface area (Å²) in [6, 6.07) is 4.70. The van der Waals surface area contributed by atoms with Crippen molar-refractivity contribution in [3.8, 4) is 0 Å². The second-order valence-corrected chi connectivity index (χ2v) is 8.42. The molecule has 28 heavy (non-hydrogen) atoms. The molecule has 0 bridgehead atoms. The topological polar surface area (TPSA) is 36.4 Å². The van der Waals surface area contributed by atoms with Crippen molar-refractivity contribution in [2.45, 2.75) is 38.4 Å². The van der Waals surface area contributed by atoms with Crippen LogP contribution in [0.2, 0.25) is 0 Å². The smallest absolute Gasteiger partial charge is 0.357 e. The van der Waals surface area contributed by atoms with Crippen LogP contribution in [0.25, 0.3) is 0 Å². The van der Waals surface area contributed by atoms with Crippen molar-refractivity contribution >= 4 is 23.1 Å². The first kappa shape index (κ1) is 19.2. The number of thiophene rings is 1. The number of fused-ring (bicyclic) bond motifs is 1. The Kier molecular flexibility index (Phi) is 5.07. The van der Waals surface area contributed by atoms with E-state index in [0.29, 0.717) is 31.7 Å². The van der Waals surface area contributed by atoms with Crippen LogP contribution < -0.4 is 4.90 Å². The van der Waals surface area contributed by atoms with Crippen LogP contribution in [0.15, 0.2) is 29.8 Å². The standard InChI is InChI=1S/C20H22F3N3OS/c1-13-16-7-11-28-17(16)6-10-26(13)19(27)14-4-8-25(9-5-14)18-3-2-15(12-24-18)20(21,22)23/h2-3,7,11-14H,4-6,8-10H2,1H3/t13-/m1/s1. The van der Waals surface area contributed by atoms with E-state index in [-0.39, 0.29) is 17.9 Å². The van der Waals surface area contributed by atoms with Gasteiger partial charge in [-0.15, -0.1) is 11.3 Å². The molecule has 2 aromatic heterocycles. The van der Waals surface area contributed by atoms with Gasteiger partial charge in [-0.1, -0.05) is 0 Å². The van der Waals surface area contributed by atoms with Crippen LogP contribution >= 0.6 is 11.3 Å². The molecule has 0 unspecified atom stereocenters. The maximum absolute atomic E-state index is 13.1. The minimum Gasteiger partial charge on any atom is -0.357 e. The van der Waals surface area contributed by atoms with Gasteiger partial charge in [-0.25, -0.2) is 4.98 Å². The fraction of sp³-hybridized carbons (Fsp3) is 0.500. The maximum Gasteiger partial charge on any atom is 0.417 e. The Labute approximate surface area is 166 Å². The fourth-order valence-corrected chi connectivity index (χ4v) is 5.10. The molecule has 0 spiro atoms. The zero-order chi connectivity index (χ0) is 19.9.